The lowest BCUT2D eigenvalue weighted by atomic mass is 10.0. The van der Waals surface area contributed by atoms with Crippen LogP contribution in [0.4, 0.5) is 0 Å². The number of benzene rings is 1. The van der Waals surface area contributed by atoms with Gasteiger partial charge in [-0.2, -0.15) is 0 Å². The highest BCUT2D eigenvalue weighted by molar-refractivity contribution is 7.71. The van der Waals surface area contributed by atoms with Crippen LogP contribution in [0.3, 0.4) is 0 Å². The van der Waals surface area contributed by atoms with Crippen molar-refractivity contribution in [1.82, 2.24) is 15.2 Å². The summed E-state index contributed by atoms with van der Waals surface area (Å²) < 4.78 is 0.509. The van der Waals surface area contributed by atoms with Crippen LogP contribution in [0.25, 0.3) is 0 Å². The minimum absolute atomic E-state index is 0.509. The maximum absolute atomic E-state index is 4.90. The summed E-state index contributed by atoms with van der Waals surface area (Å²) in [6, 6.07) is 6.43. The summed E-state index contributed by atoms with van der Waals surface area (Å²) in [6.07, 6.45) is 0.791. The van der Waals surface area contributed by atoms with Gasteiger partial charge in [0.15, 0.2) is 0 Å². The maximum atomic E-state index is 4.90. The van der Waals surface area contributed by atoms with Crippen LogP contribution in [0.1, 0.15) is 22.5 Å². The van der Waals surface area contributed by atoms with Crippen molar-refractivity contribution in [3.63, 3.8) is 0 Å². The van der Waals surface area contributed by atoms with Crippen molar-refractivity contribution >= 4 is 12.2 Å². The van der Waals surface area contributed by atoms with E-state index in [-0.39, 0.29) is 0 Å². The van der Waals surface area contributed by atoms with Crippen LogP contribution >= 0.6 is 12.2 Å². The van der Waals surface area contributed by atoms with Gasteiger partial charge in [0.25, 0.3) is 0 Å². The number of nitrogens with one attached hydrogen (secondary N) is 2. The maximum Gasteiger partial charge on any atom is 0.213 e. The molecule has 0 aliphatic carbocycles. The van der Waals surface area contributed by atoms with E-state index in [4.69, 9.17) is 12.2 Å². The molecule has 0 aliphatic rings. The van der Waals surface area contributed by atoms with E-state index in [9.17, 15) is 0 Å². The molecule has 0 saturated carbocycles. The van der Waals surface area contributed by atoms with Crippen LogP contribution in [0.5, 0.6) is 0 Å². The summed E-state index contributed by atoms with van der Waals surface area (Å²) in [5, 5.41) is 5.75. The highest BCUT2D eigenvalue weighted by Crippen LogP contribution is 2.13. The van der Waals surface area contributed by atoms with Gasteiger partial charge in [0.05, 0.1) is 0 Å². The predicted molar refractivity (Wildman–Crippen MR) is 62.5 cm³/mol. The molecule has 15 heavy (non-hydrogen) atoms. The number of hydrogen-bond donors (Lipinski definition) is 2. The molecule has 0 unspecified atom stereocenters. The van der Waals surface area contributed by atoms with Crippen LogP contribution in [-0.2, 0) is 6.42 Å². The van der Waals surface area contributed by atoms with Crippen LogP contribution in [0.2, 0.25) is 0 Å². The third kappa shape index (κ3) is 2.33. The van der Waals surface area contributed by atoms with Gasteiger partial charge in [-0.15, -0.1) is 0 Å². The highest BCUT2D eigenvalue weighted by Gasteiger charge is 2.02. The zero-order chi connectivity index (χ0) is 10.8. The molecule has 0 bridgehead atoms. The van der Waals surface area contributed by atoms with E-state index in [1.54, 1.807) is 0 Å². The molecule has 78 valence electrons. The first-order valence-corrected chi connectivity index (χ1v) is 5.25. The van der Waals surface area contributed by atoms with E-state index in [0.29, 0.717) is 4.77 Å². The molecule has 1 aromatic carbocycles. The minimum atomic E-state index is 0.509. The van der Waals surface area contributed by atoms with E-state index < -0.39 is 0 Å². The smallest absolute Gasteiger partial charge is 0.213 e. The first-order valence-electron chi connectivity index (χ1n) is 4.85. The fourth-order valence-corrected chi connectivity index (χ4v) is 1.77. The van der Waals surface area contributed by atoms with Gasteiger partial charge in [0, 0.05) is 6.42 Å². The van der Waals surface area contributed by atoms with E-state index in [1.807, 2.05) is 0 Å². The van der Waals surface area contributed by atoms with E-state index in [2.05, 4.69) is 47.2 Å². The Kier molecular flexibility index (Phi) is 2.68. The van der Waals surface area contributed by atoms with Crippen LogP contribution in [0, 0.1) is 18.6 Å². The van der Waals surface area contributed by atoms with Gasteiger partial charge in [0.2, 0.25) is 4.77 Å². The Labute approximate surface area is 93.6 Å². The van der Waals surface area contributed by atoms with Crippen LogP contribution in [0.15, 0.2) is 18.2 Å². The normalized spacial score (nSPS) is 10.5. The first kappa shape index (κ1) is 10.1. The molecule has 0 aliphatic heterocycles. The molecule has 4 heteroatoms. The summed E-state index contributed by atoms with van der Waals surface area (Å²) in [7, 11) is 0. The second kappa shape index (κ2) is 3.98. The summed E-state index contributed by atoms with van der Waals surface area (Å²) in [5.41, 5.74) is 3.85. The monoisotopic (exact) mass is 219 g/mol. The zero-order valence-electron chi connectivity index (χ0n) is 8.79. The van der Waals surface area contributed by atoms with Crippen molar-refractivity contribution < 1.29 is 0 Å². The summed E-state index contributed by atoms with van der Waals surface area (Å²) >= 11 is 4.90. The van der Waals surface area contributed by atoms with Gasteiger partial charge in [-0.1, -0.05) is 23.8 Å². The molecule has 0 saturated heterocycles. The summed E-state index contributed by atoms with van der Waals surface area (Å²) in [6.45, 7) is 4.21. The Bertz CT molecular complexity index is 525. The van der Waals surface area contributed by atoms with E-state index >= 15 is 0 Å². The zero-order valence-corrected chi connectivity index (χ0v) is 9.61. The largest absolute Gasteiger partial charge is 0.285 e. The van der Waals surface area contributed by atoms with Gasteiger partial charge >= 0.3 is 0 Å². The molecule has 0 atom stereocenters. The van der Waals surface area contributed by atoms with E-state index in [0.717, 1.165) is 12.2 Å². The van der Waals surface area contributed by atoms with Crippen molar-refractivity contribution in [3.8, 4) is 0 Å². The third-order valence-electron chi connectivity index (χ3n) is 2.41. The average molecular weight is 219 g/mol. The van der Waals surface area contributed by atoms with Gasteiger partial charge in [-0.3, -0.25) is 10.2 Å². The third-order valence-corrected chi connectivity index (χ3v) is 2.60. The number of hydrogen-bond acceptors (Lipinski definition) is 2. The fraction of sp³-hybridized carbons (Fsp3) is 0.273. The number of aryl methyl sites for hydroxylation is 2. The second-order valence-corrected chi connectivity index (χ2v) is 4.11. The SMILES string of the molecule is Cc1ccc(Cc2nc(=S)[nH][nH]2)c(C)c1. The molecule has 2 N–H and O–H groups in total. The minimum Gasteiger partial charge on any atom is -0.285 e. The number of aromatic nitrogens is 3. The lowest BCUT2D eigenvalue weighted by Crippen LogP contribution is -1.94. The van der Waals surface area contributed by atoms with Gasteiger partial charge in [-0.05, 0) is 37.2 Å². The average Bonchev–Trinajstić information content (AvgIpc) is 2.56. The van der Waals surface area contributed by atoms with Gasteiger partial charge < -0.3 is 0 Å². The standard InChI is InChI=1S/C11H13N3S/c1-7-3-4-9(8(2)5-7)6-10-12-11(15)14-13-10/h3-5H,6H2,1-2H3,(H2,12,13,14,15). The van der Waals surface area contributed by atoms with E-state index in [1.165, 1.54) is 16.7 Å². The van der Waals surface area contributed by atoms with Gasteiger partial charge in [0.1, 0.15) is 5.82 Å². The van der Waals surface area contributed by atoms with Crippen molar-refractivity contribution in [1.29, 1.82) is 0 Å². The van der Waals surface area contributed by atoms with Crippen molar-refractivity contribution in [3.05, 3.63) is 45.5 Å². The Morgan fingerprint density at radius 1 is 1.27 bits per heavy atom. The summed E-state index contributed by atoms with van der Waals surface area (Å²) in [5.74, 6) is 0.881. The molecule has 0 amide bonds. The Balaban J connectivity index is 2.28. The predicted octanol–water partition coefficient (Wildman–Crippen LogP) is 2.67. The first-order chi connectivity index (χ1) is 7.15. The summed E-state index contributed by atoms with van der Waals surface area (Å²) in [4.78, 5) is 4.17. The molecule has 1 heterocycles. The lowest BCUT2D eigenvalue weighted by molar-refractivity contribution is 0.964. The number of rotatable bonds is 2. The Morgan fingerprint density at radius 2 is 2.07 bits per heavy atom. The number of nitrogens with zero attached hydrogens (tertiary/aromatic N) is 1. The molecule has 3 nitrogen and oxygen atoms in total. The molecule has 2 aromatic rings. The number of aromatic amines is 2. The molecular weight excluding hydrogens is 206 g/mol. The van der Waals surface area contributed by atoms with Crippen LogP contribution in [-0.4, -0.2) is 15.2 Å². The molecule has 0 radical (unpaired) electrons. The van der Waals surface area contributed by atoms with Gasteiger partial charge in [-0.25, -0.2) is 4.98 Å². The molecule has 0 fully saturated rings. The van der Waals surface area contributed by atoms with Crippen LogP contribution < -0.4 is 0 Å². The molecular formula is C11H13N3S. The second-order valence-electron chi connectivity index (χ2n) is 3.72. The quantitative estimate of drug-likeness (QED) is 0.763. The Morgan fingerprint density at radius 3 is 2.67 bits per heavy atom. The lowest BCUT2D eigenvalue weighted by Gasteiger charge is -2.04. The molecule has 0 spiro atoms. The molecule has 1 aromatic heterocycles. The number of H-pyrrole nitrogens is 2. The van der Waals surface area contributed by atoms with Crippen molar-refractivity contribution in [2.75, 3.05) is 0 Å². The fourth-order valence-electron chi connectivity index (χ4n) is 1.61. The Hall–Kier alpha value is -1.42. The topological polar surface area (TPSA) is 44.5 Å². The highest BCUT2D eigenvalue weighted by atomic mass is 32.1. The van der Waals surface area contributed by atoms with Crippen molar-refractivity contribution in [2.24, 2.45) is 0 Å². The molecule has 2 rings (SSSR count). The van der Waals surface area contributed by atoms with Crippen molar-refractivity contribution in [2.45, 2.75) is 20.3 Å².